The van der Waals surface area contributed by atoms with Crippen molar-refractivity contribution in [2.24, 2.45) is 0 Å². The monoisotopic (exact) mass is 388 g/mol. The fraction of sp³-hybridized carbons (Fsp3) is 0.190. The molecule has 0 aliphatic heterocycles. The van der Waals surface area contributed by atoms with E-state index in [-0.39, 0.29) is 18.2 Å². The van der Waals surface area contributed by atoms with Gasteiger partial charge in [0.25, 0.3) is 0 Å². The zero-order valence-corrected chi connectivity index (χ0v) is 15.8. The van der Waals surface area contributed by atoms with E-state index in [1.807, 2.05) is 36.5 Å². The lowest BCUT2D eigenvalue weighted by atomic mass is 10.2. The molecule has 0 saturated carbocycles. The predicted molar refractivity (Wildman–Crippen MR) is 106 cm³/mol. The van der Waals surface area contributed by atoms with Gasteiger partial charge in [-0.2, -0.15) is 0 Å². The van der Waals surface area contributed by atoms with Crippen LogP contribution in [-0.2, 0) is 19.7 Å². The summed E-state index contributed by atoms with van der Waals surface area (Å²) in [6.07, 6.45) is 3.61. The molecule has 0 radical (unpaired) electrons. The number of benzene rings is 2. The summed E-state index contributed by atoms with van der Waals surface area (Å²) in [5.74, 6) is 1.08. The molecule has 4 nitrogen and oxygen atoms in total. The first kappa shape index (κ1) is 20.7. The fourth-order valence-corrected chi connectivity index (χ4v) is 2.54. The van der Waals surface area contributed by atoms with Crippen LogP contribution in [0.2, 0.25) is 0 Å². The summed E-state index contributed by atoms with van der Waals surface area (Å²) in [5.41, 5.74) is 3.13. The van der Waals surface area contributed by atoms with Crippen LogP contribution in [-0.4, -0.2) is 12.1 Å². The lowest BCUT2D eigenvalue weighted by Crippen LogP contribution is -2.12. The van der Waals surface area contributed by atoms with Crippen molar-refractivity contribution in [3.8, 4) is 11.5 Å². The van der Waals surface area contributed by atoms with E-state index < -0.39 is 0 Å². The molecule has 3 rings (SSSR count). The van der Waals surface area contributed by atoms with Crippen molar-refractivity contribution < 1.29 is 13.9 Å². The van der Waals surface area contributed by atoms with E-state index in [2.05, 4.69) is 10.3 Å². The van der Waals surface area contributed by atoms with Gasteiger partial charge in [0.15, 0.2) is 11.5 Å². The molecule has 0 fully saturated rings. The zero-order chi connectivity index (χ0) is 18.2. The molecule has 142 valence electrons. The van der Waals surface area contributed by atoms with Crippen LogP contribution in [0.3, 0.4) is 0 Å². The highest BCUT2D eigenvalue weighted by molar-refractivity contribution is 5.85. The van der Waals surface area contributed by atoms with E-state index >= 15 is 0 Å². The average molecular weight is 389 g/mol. The Bertz CT molecular complexity index is 829. The Balaban J connectivity index is 0.00000261. The fourth-order valence-electron chi connectivity index (χ4n) is 2.54. The highest BCUT2D eigenvalue weighted by Crippen LogP contribution is 2.29. The minimum absolute atomic E-state index is 0. The second kappa shape index (κ2) is 10.5. The predicted octanol–water partition coefficient (Wildman–Crippen LogP) is 4.52. The zero-order valence-electron chi connectivity index (χ0n) is 15.0. The molecule has 27 heavy (non-hydrogen) atoms. The van der Waals surface area contributed by atoms with E-state index in [1.54, 1.807) is 25.4 Å². The van der Waals surface area contributed by atoms with Crippen molar-refractivity contribution in [2.45, 2.75) is 19.7 Å². The number of nitrogens with one attached hydrogen (secondary N) is 1. The molecule has 0 spiro atoms. The molecule has 1 N–H and O–H groups in total. The van der Waals surface area contributed by atoms with Crippen molar-refractivity contribution in [3.63, 3.8) is 0 Å². The van der Waals surface area contributed by atoms with E-state index in [9.17, 15) is 4.39 Å². The van der Waals surface area contributed by atoms with Gasteiger partial charge in [-0.25, -0.2) is 4.39 Å². The maximum absolute atomic E-state index is 13.0. The number of hydrogen-bond acceptors (Lipinski definition) is 4. The normalized spacial score (nSPS) is 10.1. The van der Waals surface area contributed by atoms with Crippen LogP contribution in [0.4, 0.5) is 4.39 Å². The van der Waals surface area contributed by atoms with Gasteiger partial charge in [-0.05, 0) is 47.0 Å². The first-order valence-electron chi connectivity index (χ1n) is 8.38. The van der Waals surface area contributed by atoms with Crippen LogP contribution in [0.15, 0.2) is 67.0 Å². The number of nitrogens with zero attached hydrogens (tertiary/aromatic N) is 1. The molecule has 2 aromatic carbocycles. The van der Waals surface area contributed by atoms with Crippen LogP contribution < -0.4 is 14.8 Å². The summed E-state index contributed by atoms with van der Waals surface area (Å²) in [5, 5.41) is 3.38. The lowest BCUT2D eigenvalue weighted by Gasteiger charge is -2.13. The Morgan fingerprint density at radius 2 is 1.67 bits per heavy atom. The van der Waals surface area contributed by atoms with Crippen molar-refractivity contribution in [1.29, 1.82) is 0 Å². The largest absolute Gasteiger partial charge is 0.493 e. The van der Waals surface area contributed by atoms with Gasteiger partial charge in [-0.3, -0.25) is 4.98 Å². The van der Waals surface area contributed by atoms with Gasteiger partial charge in [0, 0.05) is 25.5 Å². The number of rotatable bonds is 8. The Labute approximate surface area is 164 Å². The van der Waals surface area contributed by atoms with Gasteiger partial charge in [0.1, 0.15) is 12.4 Å². The molecule has 0 unspecified atom stereocenters. The summed E-state index contributed by atoms with van der Waals surface area (Å²) in [6.45, 7) is 1.82. The number of hydrogen-bond donors (Lipinski definition) is 1. The van der Waals surface area contributed by atoms with Gasteiger partial charge in [0.2, 0.25) is 0 Å². The molecular formula is C21H22ClFN2O2. The van der Waals surface area contributed by atoms with Crippen molar-refractivity contribution in [2.75, 3.05) is 7.11 Å². The molecule has 0 amide bonds. The van der Waals surface area contributed by atoms with Crippen molar-refractivity contribution in [3.05, 3.63) is 89.5 Å². The minimum atomic E-state index is -0.255. The SMILES string of the molecule is COc1cc(CNCc2cccnc2)ccc1OCc1ccc(F)cc1.Cl. The van der Waals surface area contributed by atoms with Crippen LogP contribution in [0, 0.1) is 5.82 Å². The standard InChI is InChI=1S/C21H21FN2O2.ClH/c1-25-21-11-17(12-24-14-18-3-2-10-23-13-18)6-9-20(21)26-15-16-4-7-19(22)8-5-16;/h2-11,13,24H,12,14-15H2,1H3;1H. The molecule has 6 heteroatoms. The number of ether oxygens (including phenoxy) is 2. The number of halogens is 2. The van der Waals surface area contributed by atoms with Crippen LogP contribution in [0.25, 0.3) is 0 Å². The van der Waals surface area contributed by atoms with Crippen LogP contribution >= 0.6 is 12.4 Å². The van der Waals surface area contributed by atoms with Gasteiger partial charge in [0.05, 0.1) is 7.11 Å². The second-order valence-corrected chi connectivity index (χ2v) is 5.87. The average Bonchev–Trinajstić information content (AvgIpc) is 2.69. The molecule has 0 aliphatic carbocycles. The third-order valence-corrected chi connectivity index (χ3v) is 3.92. The summed E-state index contributed by atoms with van der Waals surface area (Å²) in [6, 6.07) is 16.1. The van der Waals surface area contributed by atoms with Crippen LogP contribution in [0.1, 0.15) is 16.7 Å². The highest BCUT2D eigenvalue weighted by Gasteiger charge is 2.07. The number of aromatic nitrogens is 1. The summed E-state index contributed by atoms with van der Waals surface area (Å²) >= 11 is 0. The maximum atomic E-state index is 13.0. The lowest BCUT2D eigenvalue weighted by molar-refractivity contribution is 0.284. The summed E-state index contributed by atoms with van der Waals surface area (Å²) < 4.78 is 24.2. The van der Waals surface area contributed by atoms with Gasteiger partial charge in [-0.1, -0.05) is 24.3 Å². The molecule has 0 atom stereocenters. The smallest absolute Gasteiger partial charge is 0.161 e. The summed E-state index contributed by atoms with van der Waals surface area (Å²) in [7, 11) is 1.62. The van der Waals surface area contributed by atoms with Crippen LogP contribution in [0.5, 0.6) is 11.5 Å². The molecule has 1 heterocycles. The number of methoxy groups -OCH3 is 1. The molecule has 0 bridgehead atoms. The third kappa shape index (κ3) is 6.24. The quantitative estimate of drug-likeness (QED) is 0.616. The molecule has 0 aliphatic rings. The molecule has 3 aromatic rings. The van der Waals surface area contributed by atoms with E-state index in [0.717, 1.165) is 23.2 Å². The maximum Gasteiger partial charge on any atom is 0.161 e. The molecular weight excluding hydrogens is 367 g/mol. The highest BCUT2D eigenvalue weighted by atomic mass is 35.5. The molecule has 0 saturated heterocycles. The summed E-state index contributed by atoms with van der Waals surface area (Å²) in [4.78, 5) is 4.10. The first-order chi connectivity index (χ1) is 12.7. The number of pyridine rings is 1. The first-order valence-corrected chi connectivity index (χ1v) is 8.38. The van der Waals surface area contributed by atoms with E-state index in [1.165, 1.54) is 12.1 Å². The van der Waals surface area contributed by atoms with E-state index in [4.69, 9.17) is 9.47 Å². The van der Waals surface area contributed by atoms with Gasteiger partial charge in [-0.15, -0.1) is 12.4 Å². The Kier molecular flexibility index (Phi) is 8.04. The minimum Gasteiger partial charge on any atom is -0.493 e. The van der Waals surface area contributed by atoms with Gasteiger partial charge >= 0.3 is 0 Å². The Morgan fingerprint density at radius 1 is 0.926 bits per heavy atom. The third-order valence-electron chi connectivity index (χ3n) is 3.92. The molecule has 1 aromatic heterocycles. The van der Waals surface area contributed by atoms with Gasteiger partial charge < -0.3 is 14.8 Å². The van der Waals surface area contributed by atoms with Crippen molar-refractivity contribution in [1.82, 2.24) is 10.3 Å². The Morgan fingerprint density at radius 3 is 2.37 bits per heavy atom. The van der Waals surface area contributed by atoms with Crippen molar-refractivity contribution >= 4 is 12.4 Å². The van der Waals surface area contributed by atoms with E-state index in [0.29, 0.717) is 24.7 Å². The second-order valence-electron chi connectivity index (χ2n) is 5.87. The Hall–Kier alpha value is -2.63. The topological polar surface area (TPSA) is 43.4 Å².